The number of methoxy groups -OCH3 is 1. The van der Waals surface area contributed by atoms with E-state index in [1.807, 2.05) is 50.2 Å². The fourth-order valence-electron chi connectivity index (χ4n) is 4.54. The molecule has 204 valence electrons. The summed E-state index contributed by atoms with van der Waals surface area (Å²) in [5.74, 6) is 1.99. The highest BCUT2D eigenvalue weighted by Crippen LogP contribution is 2.28. The molecule has 11 heteroatoms. The Morgan fingerprint density at radius 1 is 1.00 bits per heavy atom. The summed E-state index contributed by atoms with van der Waals surface area (Å²) in [5.41, 5.74) is 4.70. The normalized spacial score (nSPS) is 11.2. The molecule has 0 aliphatic rings. The molecule has 0 aliphatic heterocycles. The molecule has 11 nitrogen and oxygen atoms in total. The quantitative estimate of drug-likeness (QED) is 0.276. The number of nitrogens with one attached hydrogen (secondary N) is 1. The summed E-state index contributed by atoms with van der Waals surface area (Å²) >= 11 is 0. The molecule has 0 fully saturated rings. The maximum atomic E-state index is 14.1. The molecule has 0 saturated carbocycles. The highest BCUT2D eigenvalue weighted by Gasteiger charge is 2.21. The van der Waals surface area contributed by atoms with E-state index in [1.165, 1.54) is 4.57 Å². The molecule has 0 atom stereocenters. The van der Waals surface area contributed by atoms with Crippen molar-refractivity contribution in [1.82, 2.24) is 45.1 Å². The number of benzene rings is 1. The van der Waals surface area contributed by atoms with Gasteiger partial charge in [-0.25, -0.2) is 24.6 Å². The predicted octanol–water partition coefficient (Wildman–Crippen LogP) is 4.33. The SMILES string of the molecule is CCCCc1nc(C(C)C)n(-c2ncc(OC)cn2)c(=O)c1Cc1ccc(-c2ccccc2-c2nnn[nH]2)nc1. The van der Waals surface area contributed by atoms with E-state index < -0.39 is 0 Å². The lowest BCUT2D eigenvalue weighted by Gasteiger charge is -2.18. The standard InChI is InChI=1S/C29H31N9O2/c1-5-6-11-25-23(28(39)38(27(33-25)18(2)3)29-31-16-20(40-4)17-32-29)14-19-12-13-24(30-15-19)21-9-7-8-10-22(21)26-34-36-37-35-26/h7-10,12-13,15-18H,5-6,11,14H2,1-4H3,(H,34,35,36,37). The summed E-state index contributed by atoms with van der Waals surface area (Å²) in [6.07, 6.45) is 7.95. The lowest BCUT2D eigenvalue weighted by molar-refractivity contribution is 0.410. The maximum absolute atomic E-state index is 14.1. The zero-order valence-electron chi connectivity index (χ0n) is 23.0. The molecule has 5 aromatic rings. The number of aryl methyl sites for hydroxylation is 1. The Morgan fingerprint density at radius 3 is 2.40 bits per heavy atom. The average molecular weight is 538 g/mol. The molecule has 0 radical (unpaired) electrons. The van der Waals surface area contributed by atoms with Crippen LogP contribution in [-0.2, 0) is 12.8 Å². The second-order valence-corrected chi connectivity index (χ2v) is 9.74. The second-order valence-electron chi connectivity index (χ2n) is 9.74. The van der Waals surface area contributed by atoms with Gasteiger partial charge in [-0.2, -0.15) is 0 Å². The highest BCUT2D eigenvalue weighted by molar-refractivity contribution is 5.78. The topological polar surface area (TPSA) is 137 Å². The fraction of sp³-hybridized carbons (Fsp3) is 0.310. The van der Waals surface area contributed by atoms with Crippen LogP contribution in [0.3, 0.4) is 0 Å². The van der Waals surface area contributed by atoms with Crippen LogP contribution in [0.2, 0.25) is 0 Å². The van der Waals surface area contributed by atoms with Crippen LogP contribution >= 0.6 is 0 Å². The molecule has 5 rings (SSSR count). The van der Waals surface area contributed by atoms with Gasteiger partial charge in [0.15, 0.2) is 11.6 Å². The fourth-order valence-corrected chi connectivity index (χ4v) is 4.54. The third-order valence-electron chi connectivity index (χ3n) is 6.63. The van der Waals surface area contributed by atoms with Crippen molar-refractivity contribution in [1.29, 1.82) is 0 Å². The van der Waals surface area contributed by atoms with Crippen LogP contribution in [0.4, 0.5) is 0 Å². The molecule has 0 aliphatic carbocycles. The number of tetrazole rings is 1. The molecule has 0 unspecified atom stereocenters. The Kier molecular flexibility index (Phi) is 7.99. The summed E-state index contributed by atoms with van der Waals surface area (Å²) < 4.78 is 6.73. The molecule has 4 heterocycles. The lowest BCUT2D eigenvalue weighted by atomic mass is 10.00. The van der Waals surface area contributed by atoms with Crippen LogP contribution in [0.15, 0.2) is 59.8 Å². The minimum Gasteiger partial charge on any atom is -0.494 e. The summed E-state index contributed by atoms with van der Waals surface area (Å²) in [4.78, 5) is 32.6. The van der Waals surface area contributed by atoms with E-state index in [1.54, 1.807) is 25.7 Å². The first-order valence-corrected chi connectivity index (χ1v) is 13.3. The monoisotopic (exact) mass is 537 g/mol. The van der Waals surface area contributed by atoms with Crippen LogP contribution in [0.1, 0.15) is 62.2 Å². The van der Waals surface area contributed by atoms with Crippen molar-refractivity contribution in [2.75, 3.05) is 7.11 Å². The first kappa shape index (κ1) is 26.8. The summed E-state index contributed by atoms with van der Waals surface area (Å²) in [6, 6.07) is 11.7. The van der Waals surface area contributed by atoms with E-state index in [4.69, 9.17) is 14.7 Å². The molecule has 0 bridgehead atoms. The van der Waals surface area contributed by atoms with Crippen molar-refractivity contribution < 1.29 is 4.74 Å². The van der Waals surface area contributed by atoms with Crippen LogP contribution < -0.4 is 10.3 Å². The van der Waals surface area contributed by atoms with Crippen LogP contribution in [0.25, 0.3) is 28.6 Å². The Morgan fingerprint density at radius 2 is 1.77 bits per heavy atom. The number of rotatable bonds is 10. The van der Waals surface area contributed by atoms with E-state index >= 15 is 0 Å². The molecule has 1 aromatic carbocycles. The van der Waals surface area contributed by atoms with Crippen molar-refractivity contribution in [3.63, 3.8) is 0 Å². The zero-order valence-corrected chi connectivity index (χ0v) is 23.0. The molecule has 0 saturated heterocycles. The van der Waals surface area contributed by atoms with Gasteiger partial charge in [-0.3, -0.25) is 9.78 Å². The first-order valence-electron chi connectivity index (χ1n) is 13.3. The Balaban J connectivity index is 1.55. The van der Waals surface area contributed by atoms with Crippen molar-refractivity contribution in [3.05, 3.63) is 88.0 Å². The Hall–Kier alpha value is -4.80. The highest BCUT2D eigenvalue weighted by atomic mass is 16.5. The molecule has 1 N–H and O–H groups in total. The van der Waals surface area contributed by atoms with E-state index in [-0.39, 0.29) is 17.4 Å². The number of aromatic nitrogens is 9. The largest absolute Gasteiger partial charge is 0.494 e. The molecule has 40 heavy (non-hydrogen) atoms. The minimum absolute atomic E-state index is 0.00610. The number of aromatic amines is 1. The summed E-state index contributed by atoms with van der Waals surface area (Å²) in [7, 11) is 1.55. The molecular weight excluding hydrogens is 506 g/mol. The molecular formula is C29H31N9O2. The minimum atomic E-state index is -0.165. The van der Waals surface area contributed by atoms with E-state index in [9.17, 15) is 4.79 Å². The van der Waals surface area contributed by atoms with E-state index in [0.717, 1.165) is 47.3 Å². The van der Waals surface area contributed by atoms with Gasteiger partial charge in [0.25, 0.3) is 5.56 Å². The van der Waals surface area contributed by atoms with Crippen molar-refractivity contribution >= 4 is 0 Å². The van der Waals surface area contributed by atoms with Gasteiger partial charge >= 0.3 is 0 Å². The third-order valence-corrected chi connectivity index (χ3v) is 6.63. The number of hydrogen-bond acceptors (Lipinski definition) is 9. The van der Waals surface area contributed by atoms with E-state index in [2.05, 4.69) is 37.5 Å². The van der Waals surface area contributed by atoms with E-state index in [0.29, 0.717) is 29.4 Å². The van der Waals surface area contributed by atoms with Crippen molar-refractivity contribution in [3.8, 4) is 34.3 Å². The predicted molar refractivity (Wildman–Crippen MR) is 150 cm³/mol. The maximum Gasteiger partial charge on any atom is 0.264 e. The number of ether oxygens (including phenoxy) is 1. The second kappa shape index (κ2) is 11.9. The van der Waals surface area contributed by atoms with Crippen LogP contribution in [0.5, 0.6) is 5.75 Å². The zero-order chi connectivity index (χ0) is 28.1. The van der Waals surface area contributed by atoms with Crippen molar-refractivity contribution in [2.45, 2.75) is 52.4 Å². The smallest absolute Gasteiger partial charge is 0.264 e. The van der Waals surface area contributed by atoms with Gasteiger partial charge in [-0.15, -0.1) is 5.10 Å². The Bertz CT molecular complexity index is 1630. The van der Waals surface area contributed by atoms with Gasteiger partial charge in [0.1, 0.15) is 5.82 Å². The number of hydrogen-bond donors (Lipinski definition) is 1. The average Bonchev–Trinajstić information content (AvgIpc) is 3.53. The number of pyridine rings is 1. The van der Waals surface area contributed by atoms with Gasteiger partial charge in [0.05, 0.1) is 30.9 Å². The Labute approximate surface area is 231 Å². The van der Waals surface area contributed by atoms with Crippen molar-refractivity contribution in [2.24, 2.45) is 0 Å². The van der Waals surface area contributed by atoms with Gasteiger partial charge < -0.3 is 4.74 Å². The van der Waals surface area contributed by atoms with Gasteiger partial charge in [0.2, 0.25) is 5.95 Å². The van der Waals surface area contributed by atoms with Crippen LogP contribution in [0, 0.1) is 0 Å². The number of unbranched alkanes of at least 4 members (excludes halogenated alkanes) is 1. The summed E-state index contributed by atoms with van der Waals surface area (Å²) in [5, 5.41) is 14.2. The number of H-pyrrole nitrogens is 1. The third kappa shape index (κ3) is 5.49. The van der Waals surface area contributed by atoms with Gasteiger partial charge in [-0.1, -0.05) is 57.5 Å². The molecule has 4 aromatic heterocycles. The van der Waals surface area contributed by atoms with Crippen LogP contribution in [-0.4, -0.2) is 52.2 Å². The van der Waals surface area contributed by atoms with Gasteiger partial charge in [-0.05, 0) is 34.9 Å². The molecule has 0 amide bonds. The number of nitrogens with zero attached hydrogens (tertiary/aromatic N) is 8. The first-order chi connectivity index (χ1) is 19.5. The summed E-state index contributed by atoms with van der Waals surface area (Å²) in [6.45, 7) is 6.16. The van der Waals surface area contributed by atoms with Gasteiger partial charge in [0, 0.05) is 35.2 Å². The molecule has 0 spiro atoms. The lowest BCUT2D eigenvalue weighted by Crippen LogP contribution is -2.31.